The molecule has 7 heteroatoms. The zero-order valence-electron chi connectivity index (χ0n) is 16.3. The topological polar surface area (TPSA) is 74.3 Å². The second kappa shape index (κ2) is 8.71. The number of carbonyl (C=O) groups excluding carboxylic acids is 2. The number of urea groups is 1. The number of amides is 3. The van der Waals surface area contributed by atoms with E-state index < -0.39 is 12.1 Å². The van der Waals surface area contributed by atoms with Crippen molar-refractivity contribution in [3.05, 3.63) is 65.2 Å². The number of likely N-dealkylation sites (tertiary alicyclic amines) is 1. The maximum Gasteiger partial charge on any atom is 0.321 e. The smallest absolute Gasteiger partial charge is 0.321 e. The molecule has 2 aromatic carbocycles. The van der Waals surface area contributed by atoms with Crippen LogP contribution in [-0.2, 0) is 4.79 Å². The predicted molar refractivity (Wildman–Crippen MR) is 115 cm³/mol. The number of nitrogens with zero attached hydrogens (tertiary/aromatic N) is 2. The molecular formula is C22H24N4O2S. The molecule has 4 rings (SSSR count). The van der Waals surface area contributed by atoms with Crippen LogP contribution in [0, 0.1) is 0 Å². The maximum absolute atomic E-state index is 12.9. The van der Waals surface area contributed by atoms with E-state index in [9.17, 15) is 9.59 Å². The van der Waals surface area contributed by atoms with Gasteiger partial charge in [0.1, 0.15) is 6.04 Å². The Labute approximate surface area is 173 Å². The van der Waals surface area contributed by atoms with E-state index >= 15 is 0 Å². The highest BCUT2D eigenvalue weighted by atomic mass is 32.1. The fourth-order valence-electron chi connectivity index (χ4n) is 3.88. The van der Waals surface area contributed by atoms with Crippen LogP contribution in [0.5, 0.6) is 0 Å². The zero-order valence-corrected chi connectivity index (χ0v) is 17.1. The summed E-state index contributed by atoms with van der Waals surface area (Å²) in [7, 11) is 1.50. The van der Waals surface area contributed by atoms with Crippen molar-refractivity contribution in [2.24, 2.45) is 0 Å². The van der Waals surface area contributed by atoms with Crippen LogP contribution in [0.1, 0.15) is 35.4 Å². The lowest BCUT2D eigenvalue weighted by Crippen LogP contribution is -2.47. The number of nitrogens with one attached hydrogen (secondary N) is 2. The second-order valence-electron chi connectivity index (χ2n) is 7.21. The third-order valence-electron chi connectivity index (χ3n) is 5.38. The summed E-state index contributed by atoms with van der Waals surface area (Å²) in [5.74, 6) is 0.107. The van der Waals surface area contributed by atoms with E-state index in [0.29, 0.717) is 5.92 Å². The van der Waals surface area contributed by atoms with E-state index in [0.717, 1.165) is 37.0 Å². The Morgan fingerprint density at radius 1 is 1.07 bits per heavy atom. The molecule has 0 aliphatic carbocycles. The molecular weight excluding hydrogens is 384 g/mol. The van der Waals surface area contributed by atoms with Crippen LogP contribution >= 0.6 is 11.3 Å². The number of hydrogen-bond acceptors (Lipinski definition) is 5. The fraction of sp³-hybridized carbons (Fsp3) is 0.318. The van der Waals surface area contributed by atoms with Gasteiger partial charge in [-0.15, -0.1) is 11.3 Å². The lowest BCUT2D eigenvalue weighted by Gasteiger charge is -2.36. The number of fused-ring (bicyclic) bond motifs is 1. The number of hydrogen-bond donors (Lipinski definition) is 2. The molecule has 29 heavy (non-hydrogen) atoms. The van der Waals surface area contributed by atoms with E-state index in [-0.39, 0.29) is 5.91 Å². The summed E-state index contributed by atoms with van der Waals surface area (Å²) >= 11 is 1.77. The first kappa shape index (κ1) is 19.5. The molecule has 1 saturated heterocycles. The summed E-state index contributed by atoms with van der Waals surface area (Å²) in [6.07, 6.45) is 1.88. The normalized spacial score (nSPS) is 16.4. The third kappa shape index (κ3) is 4.31. The Morgan fingerprint density at radius 3 is 2.45 bits per heavy atom. The summed E-state index contributed by atoms with van der Waals surface area (Å²) in [5, 5.41) is 6.07. The molecule has 1 aliphatic rings. The molecule has 0 spiro atoms. The summed E-state index contributed by atoms with van der Waals surface area (Å²) in [6, 6.07) is 16.9. The maximum atomic E-state index is 12.9. The summed E-state index contributed by atoms with van der Waals surface area (Å²) in [4.78, 5) is 31.5. The minimum absolute atomic E-state index is 0.297. The number of thiazole rings is 1. The Bertz CT molecular complexity index is 963. The highest BCUT2D eigenvalue weighted by molar-refractivity contribution is 7.18. The van der Waals surface area contributed by atoms with Gasteiger partial charge in [0.25, 0.3) is 0 Å². The monoisotopic (exact) mass is 408 g/mol. The van der Waals surface area contributed by atoms with E-state index in [1.165, 1.54) is 16.8 Å². The minimum Gasteiger partial charge on any atom is -0.341 e. The number of piperidine rings is 1. The van der Waals surface area contributed by atoms with E-state index in [4.69, 9.17) is 4.98 Å². The molecule has 6 nitrogen and oxygen atoms in total. The molecule has 1 aromatic heterocycles. The van der Waals surface area contributed by atoms with E-state index in [1.54, 1.807) is 11.3 Å². The molecule has 1 fully saturated rings. The highest BCUT2D eigenvalue weighted by Gasteiger charge is 2.33. The molecule has 3 amide bonds. The average molecular weight is 409 g/mol. The van der Waals surface area contributed by atoms with Gasteiger partial charge in [-0.05, 0) is 43.6 Å². The van der Waals surface area contributed by atoms with Gasteiger partial charge in [-0.25, -0.2) is 9.78 Å². The molecule has 1 aliphatic heterocycles. The van der Waals surface area contributed by atoms with Crippen LogP contribution in [0.25, 0.3) is 10.2 Å². The van der Waals surface area contributed by atoms with Crippen molar-refractivity contribution >= 4 is 33.5 Å². The van der Waals surface area contributed by atoms with Gasteiger partial charge in [0, 0.05) is 13.0 Å². The van der Waals surface area contributed by atoms with Crippen molar-refractivity contribution in [1.82, 2.24) is 20.5 Å². The predicted octanol–water partition coefficient (Wildman–Crippen LogP) is 3.67. The molecule has 1 atom stereocenters. The van der Waals surface area contributed by atoms with Crippen molar-refractivity contribution in [2.45, 2.75) is 24.8 Å². The first-order valence-corrected chi connectivity index (χ1v) is 10.6. The molecule has 0 saturated carbocycles. The van der Waals surface area contributed by atoms with Crippen molar-refractivity contribution < 1.29 is 9.59 Å². The average Bonchev–Trinajstić information content (AvgIpc) is 3.19. The molecule has 2 N–H and O–H groups in total. The number of benzene rings is 2. The molecule has 150 valence electrons. The van der Waals surface area contributed by atoms with Gasteiger partial charge < -0.3 is 5.32 Å². The van der Waals surface area contributed by atoms with Gasteiger partial charge in [-0.3, -0.25) is 15.0 Å². The molecule has 3 aromatic rings. The van der Waals surface area contributed by atoms with Crippen LogP contribution in [-0.4, -0.2) is 42.0 Å². The van der Waals surface area contributed by atoms with E-state index in [2.05, 4.69) is 27.7 Å². The number of aromatic nitrogens is 1. The van der Waals surface area contributed by atoms with E-state index in [1.807, 2.05) is 42.5 Å². The van der Waals surface area contributed by atoms with Crippen molar-refractivity contribution in [3.63, 3.8) is 0 Å². The Hall–Kier alpha value is -2.77. The van der Waals surface area contributed by atoms with Crippen molar-refractivity contribution in [1.29, 1.82) is 0 Å². The van der Waals surface area contributed by atoms with Gasteiger partial charge in [-0.1, -0.05) is 42.5 Å². The van der Waals surface area contributed by atoms with Crippen molar-refractivity contribution in [2.75, 3.05) is 20.1 Å². The second-order valence-corrected chi connectivity index (χ2v) is 8.27. The lowest BCUT2D eigenvalue weighted by atomic mass is 9.94. The summed E-state index contributed by atoms with van der Waals surface area (Å²) in [6.45, 7) is 1.56. The number of rotatable bonds is 4. The Kier molecular flexibility index (Phi) is 5.87. The summed E-state index contributed by atoms with van der Waals surface area (Å²) in [5.41, 5.74) is 1.95. The first-order valence-electron chi connectivity index (χ1n) is 9.82. The number of imide groups is 1. The molecule has 0 radical (unpaired) electrons. The first-order chi connectivity index (χ1) is 14.2. The largest absolute Gasteiger partial charge is 0.341 e. The summed E-state index contributed by atoms with van der Waals surface area (Å²) < 4.78 is 1.22. The zero-order chi connectivity index (χ0) is 20.2. The number of para-hydroxylation sites is 1. The van der Waals surface area contributed by atoms with Gasteiger partial charge in [0.05, 0.1) is 15.2 Å². The van der Waals surface area contributed by atoms with Crippen molar-refractivity contribution in [3.8, 4) is 0 Å². The van der Waals surface area contributed by atoms with Gasteiger partial charge in [-0.2, -0.15) is 0 Å². The van der Waals surface area contributed by atoms with Gasteiger partial charge in [0.2, 0.25) is 5.91 Å². The fourth-order valence-corrected chi connectivity index (χ4v) is 5.01. The minimum atomic E-state index is -0.486. The van der Waals surface area contributed by atoms with Crippen LogP contribution in [0.4, 0.5) is 4.79 Å². The SMILES string of the molecule is CNC(=O)NC(=O)C(c1ccccc1)N1CCC(c2nc3ccccc3s2)CC1. The van der Waals surface area contributed by atoms with Crippen LogP contribution < -0.4 is 10.6 Å². The molecule has 2 heterocycles. The molecule has 1 unspecified atom stereocenters. The highest BCUT2D eigenvalue weighted by Crippen LogP contribution is 2.36. The Balaban J connectivity index is 1.50. The third-order valence-corrected chi connectivity index (χ3v) is 6.58. The van der Waals surface area contributed by atoms with Gasteiger partial charge in [0.15, 0.2) is 0 Å². The number of carbonyl (C=O) groups is 2. The van der Waals surface area contributed by atoms with Crippen LogP contribution in [0.3, 0.4) is 0 Å². The van der Waals surface area contributed by atoms with Crippen LogP contribution in [0.2, 0.25) is 0 Å². The Morgan fingerprint density at radius 2 is 1.76 bits per heavy atom. The quantitative estimate of drug-likeness (QED) is 0.691. The van der Waals surface area contributed by atoms with Crippen LogP contribution in [0.15, 0.2) is 54.6 Å². The van der Waals surface area contributed by atoms with Gasteiger partial charge >= 0.3 is 6.03 Å². The lowest BCUT2D eigenvalue weighted by molar-refractivity contribution is -0.126. The standard InChI is InChI=1S/C22H24N4O2S/c1-23-22(28)25-20(27)19(15-7-3-2-4-8-15)26-13-11-16(12-14-26)21-24-17-9-5-6-10-18(17)29-21/h2-10,16,19H,11-14H2,1H3,(H2,23,25,27,28). The molecule has 0 bridgehead atoms.